The number of fused-ring (bicyclic) bond motifs is 1. The summed E-state index contributed by atoms with van der Waals surface area (Å²) in [5.74, 6) is -0.471. The maximum atomic E-state index is 12.1. The first-order chi connectivity index (χ1) is 13.5. The van der Waals surface area contributed by atoms with Crippen LogP contribution >= 0.6 is 22.9 Å². The lowest BCUT2D eigenvalue weighted by Crippen LogP contribution is -2.30. The predicted octanol–water partition coefficient (Wildman–Crippen LogP) is 4.63. The fourth-order valence-corrected chi connectivity index (χ4v) is 3.68. The monoisotopic (exact) mass is 417 g/mol. The van der Waals surface area contributed by atoms with E-state index in [0.29, 0.717) is 17.3 Å². The van der Waals surface area contributed by atoms with E-state index in [9.17, 15) is 9.59 Å². The number of anilines is 1. The molecule has 3 aromatic rings. The number of rotatable bonds is 8. The van der Waals surface area contributed by atoms with Crippen LogP contribution in [0.3, 0.4) is 0 Å². The zero-order chi connectivity index (χ0) is 19.9. The Kier molecular flexibility index (Phi) is 6.95. The van der Waals surface area contributed by atoms with E-state index in [1.54, 1.807) is 23.5 Å². The molecular formula is C20H20ClN3O3S. The Morgan fingerprint density at radius 1 is 1.21 bits per heavy atom. The van der Waals surface area contributed by atoms with Gasteiger partial charge in [-0.3, -0.25) is 9.59 Å². The Morgan fingerprint density at radius 3 is 2.79 bits per heavy atom. The number of pyridine rings is 1. The van der Waals surface area contributed by atoms with Gasteiger partial charge in [0.15, 0.2) is 6.10 Å². The van der Waals surface area contributed by atoms with Gasteiger partial charge in [0, 0.05) is 12.6 Å². The highest BCUT2D eigenvalue weighted by Crippen LogP contribution is 2.23. The third kappa shape index (κ3) is 5.74. The second-order valence-electron chi connectivity index (χ2n) is 6.27. The summed E-state index contributed by atoms with van der Waals surface area (Å²) < 4.78 is 6.36. The Morgan fingerprint density at radius 2 is 2.04 bits per heavy atom. The Labute approximate surface area is 171 Å². The van der Waals surface area contributed by atoms with E-state index in [1.165, 1.54) is 17.8 Å². The molecule has 1 aromatic carbocycles. The van der Waals surface area contributed by atoms with E-state index >= 15 is 0 Å². The topological polar surface area (TPSA) is 81.2 Å². The molecule has 28 heavy (non-hydrogen) atoms. The van der Waals surface area contributed by atoms with Crippen LogP contribution in [0.4, 0.5) is 5.82 Å². The molecule has 0 aliphatic heterocycles. The Bertz CT molecular complexity index is 926. The largest absolute Gasteiger partial charge is 0.453 e. The van der Waals surface area contributed by atoms with Gasteiger partial charge in [-0.2, -0.15) is 0 Å². The van der Waals surface area contributed by atoms with Gasteiger partial charge in [-0.1, -0.05) is 23.7 Å². The summed E-state index contributed by atoms with van der Waals surface area (Å²) in [7, 11) is 0. The van der Waals surface area contributed by atoms with Crippen molar-refractivity contribution in [3.05, 3.63) is 52.6 Å². The van der Waals surface area contributed by atoms with E-state index in [1.807, 2.05) is 18.2 Å². The van der Waals surface area contributed by atoms with Crippen molar-refractivity contribution in [2.45, 2.75) is 38.7 Å². The van der Waals surface area contributed by atoms with Crippen molar-refractivity contribution in [3.8, 4) is 0 Å². The summed E-state index contributed by atoms with van der Waals surface area (Å²) in [6, 6.07) is 11.2. The van der Waals surface area contributed by atoms with E-state index < -0.39 is 18.0 Å². The number of esters is 1. The van der Waals surface area contributed by atoms with Gasteiger partial charge in [0.2, 0.25) is 0 Å². The van der Waals surface area contributed by atoms with Gasteiger partial charge in [-0.05, 0) is 50.5 Å². The maximum Gasteiger partial charge on any atom is 0.306 e. The van der Waals surface area contributed by atoms with Crippen molar-refractivity contribution < 1.29 is 14.3 Å². The fourth-order valence-electron chi connectivity index (χ4n) is 2.56. The molecule has 0 saturated carbocycles. The van der Waals surface area contributed by atoms with E-state index in [4.69, 9.17) is 16.3 Å². The number of halogens is 1. The smallest absolute Gasteiger partial charge is 0.306 e. The normalized spacial score (nSPS) is 11.9. The maximum absolute atomic E-state index is 12.1. The molecule has 146 valence electrons. The minimum atomic E-state index is -0.894. The number of hydrogen-bond donors (Lipinski definition) is 1. The molecule has 1 N–H and O–H groups in total. The first-order valence-electron chi connectivity index (χ1n) is 8.97. The fraction of sp³-hybridized carbons (Fsp3) is 0.300. The zero-order valence-electron chi connectivity index (χ0n) is 15.4. The van der Waals surface area contributed by atoms with Gasteiger partial charge in [0.1, 0.15) is 5.82 Å². The first-order valence-corrected chi connectivity index (χ1v) is 10.2. The van der Waals surface area contributed by atoms with Crippen LogP contribution in [0, 0.1) is 0 Å². The third-order valence-electron chi connectivity index (χ3n) is 4.02. The van der Waals surface area contributed by atoms with E-state index in [2.05, 4.69) is 21.4 Å². The summed E-state index contributed by atoms with van der Waals surface area (Å²) >= 11 is 7.43. The first kappa shape index (κ1) is 20.2. The summed E-state index contributed by atoms with van der Waals surface area (Å²) in [6.45, 7) is 1.53. The molecular weight excluding hydrogens is 398 g/mol. The number of aryl methyl sites for hydroxylation is 1. The van der Waals surface area contributed by atoms with Gasteiger partial charge in [-0.15, -0.1) is 11.3 Å². The lowest BCUT2D eigenvalue weighted by Gasteiger charge is -2.13. The van der Waals surface area contributed by atoms with Crippen molar-refractivity contribution in [1.29, 1.82) is 0 Å². The van der Waals surface area contributed by atoms with Crippen LogP contribution in [0.25, 0.3) is 10.2 Å². The molecule has 8 heteroatoms. The number of ether oxygens (including phenoxy) is 1. The molecule has 0 aliphatic carbocycles. The summed E-state index contributed by atoms with van der Waals surface area (Å²) in [6.07, 6.45) is 3.15. The van der Waals surface area contributed by atoms with Crippen molar-refractivity contribution in [3.63, 3.8) is 0 Å². The van der Waals surface area contributed by atoms with Crippen LogP contribution in [0.2, 0.25) is 5.02 Å². The SMILES string of the molecule is C[C@@H](OC(=O)CCCCc1nc2ccccc2s1)C(=O)Nc1ccc(Cl)cn1. The van der Waals surface area contributed by atoms with Crippen molar-refractivity contribution in [1.82, 2.24) is 9.97 Å². The molecule has 1 amide bonds. The van der Waals surface area contributed by atoms with Gasteiger partial charge in [0.25, 0.3) is 5.91 Å². The zero-order valence-corrected chi connectivity index (χ0v) is 16.9. The van der Waals surface area contributed by atoms with E-state index in [-0.39, 0.29) is 6.42 Å². The molecule has 0 unspecified atom stereocenters. The second-order valence-corrected chi connectivity index (χ2v) is 7.82. The van der Waals surface area contributed by atoms with Crippen molar-refractivity contribution in [2.75, 3.05) is 5.32 Å². The highest BCUT2D eigenvalue weighted by atomic mass is 35.5. The molecule has 0 radical (unpaired) electrons. The molecule has 6 nitrogen and oxygen atoms in total. The number of benzene rings is 1. The number of amides is 1. The lowest BCUT2D eigenvalue weighted by atomic mass is 10.2. The summed E-state index contributed by atoms with van der Waals surface area (Å²) in [5, 5.41) is 4.13. The number of para-hydroxylation sites is 1. The second kappa shape index (κ2) is 9.61. The van der Waals surface area contributed by atoms with Crippen LogP contribution in [-0.2, 0) is 20.7 Å². The highest BCUT2D eigenvalue weighted by Gasteiger charge is 2.18. The predicted molar refractivity (Wildman–Crippen MR) is 111 cm³/mol. The third-order valence-corrected chi connectivity index (χ3v) is 5.34. The number of nitrogens with one attached hydrogen (secondary N) is 1. The number of carbonyl (C=O) groups excluding carboxylic acids is 2. The number of carbonyl (C=O) groups is 2. The molecule has 0 spiro atoms. The molecule has 0 bridgehead atoms. The molecule has 3 rings (SSSR count). The average Bonchev–Trinajstić information content (AvgIpc) is 3.10. The average molecular weight is 418 g/mol. The Balaban J connectivity index is 1.37. The van der Waals surface area contributed by atoms with Gasteiger partial charge >= 0.3 is 5.97 Å². The van der Waals surface area contributed by atoms with Crippen LogP contribution in [-0.4, -0.2) is 27.9 Å². The molecule has 0 saturated heterocycles. The quantitative estimate of drug-likeness (QED) is 0.427. The lowest BCUT2D eigenvalue weighted by molar-refractivity contribution is -0.153. The number of aromatic nitrogens is 2. The summed E-state index contributed by atoms with van der Waals surface area (Å²) in [4.78, 5) is 32.6. The van der Waals surface area contributed by atoms with Crippen LogP contribution in [0.5, 0.6) is 0 Å². The highest BCUT2D eigenvalue weighted by molar-refractivity contribution is 7.18. The molecule has 0 aliphatic rings. The molecule has 1 atom stereocenters. The van der Waals surface area contributed by atoms with Crippen LogP contribution in [0.1, 0.15) is 31.2 Å². The van der Waals surface area contributed by atoms with Gasteiger partial charge in [0.05, 0.1) is 20.2 Å². The number of nitrogens with zero attached hydrogens (tertiary/aromatic N) is 2. The van der Waals surface area contributed by atoms with Gasteiger partial charge < -0.3 is 10.1 Å². The number of unbranched alkanes of at least 4 members (excludes halogenated alkanes) is 1. The van der Waals surface area contributed by atoms with Crippen molar-refractivity contribution in [2.24, 2.45) is 0 Å². The van der Waals surface area contributed by atoms with E-state index in [0.717, 1.165) is 23.4 Å². The van der Waals surface area contributed by atoms with Crippen LogP contribution in [0.15, 0.2) is 42.6 Å². The number of hydrogen-bond acceptors (Lipinski definition) is 6. The Hall–Kier alpha value is -2.51. The number of thiazole rings is 1. The summed E-state index contributed by atoms with van der Waals surface area (Å²) in [5.41, 5.74) is 1.01. The minimum absolute atomic E-state index is 0.266. The minimum Gasteiger partial charge on any atom is -0.453 e. The van der Waals surface area contributed by atoms with Crippen LogP contribution < -0.4 is 5.32 Å². The van der Waals surface area contributed by atoms with Crippen molar-refractivity contribution >= 4 is 50.8 Å². The molecule has 2 heterocycles. The molecule has 2 aromatic heterocycles. The van der Waals surface area contributed by atoms with Gasteiger partial charge in [-0.25, -0.2) is 9.97 Å². The standard InChI is InChI=1S/C20H20ClN3O3S/c1-13(20(26)24-17-11-10-14(21)12-22-17)27-19(25)9-5-4-8-18-23-15-6-2-3-7-16(15)28-18/h2-3,6-7,10-13H,4-5,8-9H2,1H3,(H,22,24,26)/t13-/m1/s1. The molecule has 0 fully saturated rings.